The van der Waals surface area contributed by atoms with Crippen LogP contribution in [0.2, 0.25) is 0 Å². The highest BCUT2D eigenvalue weighted by Gasteiger charge is 2.30. The maximum absolute atomic E-state index is 11.3. The third-order valence-corrected chi connectivity index (χ3v) is 2.01. The minimum absolute atomic E-state index is 0.166. The Bertz CT molecular complexity index is 220. The highest BCUT2D eigenvalue weighted by atomic mass is 16.5. The largest absolute Gasteiger partial charge is 0.468 e. The van der Waals surface area contributed by atoms with E-state index in [0.29, 0.717) is 0 Å². The van der Waals surface area contributed by atoms with Gasteiger partial charge in [0.1, 0.15) is 0 Å². The van der Waals surface area contributed by atoms with Crippen molar-refractivity contribution in [3.05, 3.63) is 12.7 Å². The molecule has 86 valence electrons. The smallest absolute Gasteiger partial charge is 0.320 e. The Morgan fingerprint density at radius 1 is 1.20 bits per heavy atom. The normalized spacial score (nSPS) is 12.0. The summed E-state index contributed by atoms with van der Waals surface area (Å²) in [6, 6.07) is 0. The second-order valence-corrected chi connectivity index (χ2v) is 2.84. The molecule has 0 heterocycles. The fraction of sp³-hybridized carbons (Fsp3) is 0.600. The highest BCUT2D eigenvalue weighted by molar-refractivity contribution is 5.94. The maximum Gasteiger partial charge on any atom is 0.320 e. The van der Waals surface area contributed by atoms with Crippen molar-refractivity contribution >= 4 is 11.9 Å². The zero-order chi connectivity index (χ0) is 11.8. The van der Waals surface area contributed by atoms with Crippen molar-refractivity contribution in [2.24, 2.45) is 5.92 Å². The van der Waals surface area contributed by atoms with Crippen LogP contribution in [0.4, 0.5) is 0 Å². The molecule has 0 saturated heterocycles. The number of hydrogen-bond donors (Lipinski definition) is 0. The molecule has 0 amide bonds. The zero-order valence-electron chi connectivity index (χ0n) is 9.19. The average Bonchev–Trinajstić information content (AvgIpc) is 2.29. The number of rotatable bonds is 6. The van der Waals surface area contributed by atoms with E-state index in [4.69, 9.17) is 4.74 Å². The molecule has 0 rings (SSSR count). The molecule has 0 bridgehead atoms. The Labute approximate surface area is 89.0 Å². The number of methoxy groups -OCH3 is 3. The summed E-state index contributed by atoms with van der Waals surface area (Å²) in [5.74, 6) is -2.24. The van der Waals surface area contributed by atoms with Crippen molar-refractivity contribution < 1.29 is 23.8 Å². The standard InChI is InChI=1S/C10H16O5/c1-5-7(13-2)6-8(9(11)14-3)10(12)15-4/h5,7-8H,1,6H2,2-4H3. The van der Waals surface area contributed by atoms with Gasteiger partial charge in [0.25, 0.3) is 0 Å². The van der Waals surface area contributed by atoms with Crippen LogP contribution in [-0.4, -0.2) is 39.4 Å². The number of carbonyl (C=O) groups excluding carboxylic acids is 2. The van der Waals surface area contributed by atoms with Gasteiger partial charge in [-0.15, -0.1) is 6.58 Å². The summed E-state index contributed by atoms with van der Waals surface area (Å²) >= 11 is 0. The molecule has 15 heavy (non-hydrogen) atoms. The lowest BCUT2D eigenvalue weighted by atomic mass is 10.0. The molecule has 5 heteroatoms. The van der Waals surface area contributed by atoms with Crippen LogP contribution in [0.25, 0.3) is 0 Å². The van der Waals surface area contributed by atoms with Crippen LogP contribution in [0, 0.1) is 5.92 Å². The second kappa shape index (κ2) is 7.00. The summed E-state index contributed by atoms with van der Waals surface area (Å²) in [4.78, 5) is 22.5. The minimum Gasteiger partial charge on any atom is -0.468 e. The van der Waals surface area contributed by atoms with Crippen molar-refractivity contribution in [2.45, 2.75) is 12.5 Å². The average molecular weight is 216 g/mol. The molecular formula is C10H16O5. The van der Waals surface area contributed by atoms with Gasteiger partial charge in [0.15, 0.2) is 5.92 Å². The van der Waals surface area contributed by atoms with Gasteiger partial charge in [-0.1, -0.05) is 6.08 Å². The maximum atomic E-state index is 11.3. The Hall–Kier alpha value is -1.36. The lowest BCUT2D eigenvalue weighted by Gasteiger charge is -2.16. The monoisotopic (exact) mass is 216 g/mol. The Balaban J connectivity index is 4.56. The first-order chi connectivity index (χ1) is 7.10. The summed E-state index contributed by atoms with van der Waals surface area (Å²) in [5, 5.41) is 0. The summed E-state index contributed by atoms with van der Waals surface area (Å²) in [5.41, 5.74) is 0. The lowest BCUT2D eigenvalue weighted by molar-refractivity contribution is -0.160. The van der Waals surface area contributed by atoms with Crippen LogP contribution in [-0.2, 0) is 23.8 Å². The first-order valence-corrected chi connectivity index (χ1v) is 4.41. The van der Waals surface area contributed by atoms with Crippen LogP contribution >= 0.6 is 0 Å². The number of hydrogen-bond acceptors (Lipinski definition) is 5. The topological polar surface area (TPSA) is 61.8 Å². The van der Waals surface area contributed by atoms with Gasteiger partial charge in [0.05, 0.1) is 20.3 Å². The van der Waals surface area contributed by atoms with Gasteiger partial charge in [-0.3, -0.25) is 9.59 Å². The van der Waals surface area contributed by atoms with Crippen molar-refractivity contribution in [3.63, 3.8) is 0 Å². The Morgan fingerprint density at radius 3 is 1.93 bits per heavy atom. The van der Waals surface area contributed by atoms with Crippen molar-refractivity contribution in [2.75, 3.05) is 21.3 Å². The summed E-state index contributed by atoms with van der Waals surface area (Å²) in [7, 11) is 3.90. The van der Waals surface area contributed by atoms with Crippen LogP contribution in [0.3, 0.4) is 0 Å². The van der Waals surface area contributed by atoms with Gasteiger partial charge in [0.2, 0.25) is 0 Å². The fourth-order valence-electron chi connectivity index (χ4n) is 1.09. The quantitative estimate of drug-likeness (QED) is 0.368. The van der Waals surface area contributed by atoms with Gasteiger partial charge in [-0.2, -0.15) is 0 Å². The van der Waals surface area contributed by atoms with E-state index in [1.807, 2.05) is 0 Å². The fourth-order valence-corrected chi connectivity index (χ4v) is 1.09. The van der Waals surface area contributed by atoms with E-state index >= 15 is 0 Å². The van der Waals surface area contributed by atoms with Gasteiger partial charge in [0, 0.05) is 13.5 Å². The molecule has 0 aromatic heterocycles. The summed E-state index contributed by atoms with van der Waals surface area (Å²) < 4.78 is 14.0. The molecule has 1 unspecified atom stereocenters. The highest BCUT2D eigenvalue weighted by Crippen LogP contribution is 2.13. The number of carbonyl (C=O) groups is 2. The molecular weight excluding hydrogens is 200 g/mol. The molecule has 0 aliphatic carbocycles. The third-order valence-electron chi connectivity index (χ3n) is 2.01. The van der Waals surface area contributed by atoms with Crippen molar-refractivity contribution in [1.29, 1.82) is 0 Å². The van der Waals surface area contributed by atoms with E-state index in [1.54, 1.807) is 0 Å². The SMILES string of the molecule is C=CC(CC(C(=O)OC)C(=O)OC)OC. The van der Waals surface area contributed by atoms with Crippen LogP contribution < -0.4 is 0 Å². The summed E-state index contributed by atoms with van der Waals surface area (Å²) in [6.07, 6.45) is 1.30. The molecule has 0 aliphatic heterocycles. The number of ether oxygens (including phenoxy) is 3. The predicted molar refractivity (Wildman–Crippen MR) is 53.1 cm³/mol. The molecule has 1 atom stereocenters. The molecule has 0 aliphatic rings. The van der Waals surface area contributed by atoms with E-state index in [-0.39, 0.29) is 12.5 Å². The molecule has 0 aromatic rings. The summed E-state index contributed by atoms with van der Waals surface area (Å²) in [6.45, 7) is 3.53. The van der Waals surface area contributed by atoms with E-state index in [1.165, 1.54) is 27.4 Å². The van der Waals surface area contributed by atoms with Gasteiger partial charge >= 0.3 is 11.9 Å². The molecule has 0 fully saturated rings. The molecule has 0 spiro atoms. The van der Waals surface area contributed by atoms with Crippen LogP contribution in [0.15, 0.2) is 12.7 Å². The van der Waals surface area contributed by atoms with Gasteiger partial charge in [-0.05, 0) is 0 Å². The van der Waals surface area contributed by atoms with Crippen LogP contribution in [0.5, 0.6) is 0 Å². The Morgan fingerprint density at radius 2 is 1.67 bits per heavy atom. The molecule has 0 saturated carbocycles. The predicted octanol–water partition coefficient (Wildman–Crippen LogP) is 0.540. The van der Waals surface area contributed by atoms with E-state index in [0.717, 1.165) is 0 Å². The first kappa shape index (κ1) is 13.6. The molecule has 0 radical (unpaired) electrons. The number of esters is 2. The molecule has 0 N–H and O–H groups in total. The van der Waals surface area contributed by atoms with Gasteiger partial charge < -0.3 is 14.2 Å². The van der Waals surface area contributed by atoms with Crippen molar-refractivity contribution in [1.82, 2.24) is 0 Å². The first-order valence-electron chi connectivity index (χ1n) is 4.41. The van der Waals surface area contributed by atoms with E-state index < -0.39 is 17.9 Å². The van der Waals surface area contributed by atoms with E-state index in [9.17, 15) is 9.59 Å². The van der Waals surface area contributed by atoms with Gasteiger partial charge in [-0.25, -0.2) is 0 Å². The zero-order valence-corrected chi connectivity index (χ0v) is 9.19. The third kappa shape index (κ3) is 4.12. The minimum atomic E-state index is -0.969. The van der Waals surface area contributed by atoms with Crippen molar-refractivity contribution in [3.8, 4) is 0 Å². The second-order valence-electron chi connectivity index (χ2n) is 2.84. The lowest BCUT2D eigenvalue weighted by Crippen LogP contribution is -2.30. The molecule has 5 nitrogen and oxygen atoms in total. The van der Waals surface area contributed by atoms with E-state index in [2.05, 4.69) is 16.1 Å². The molecule has 0 aromatic carbocycles. The van der Waals surface area contributed by atoms with Crippen LogP contribution in [0.1, 0.15) is 6.42 Å². The Kier molecular flexibility index (Phi) is 6.37.